The lowest BCUT2D eigenvalue weighted by Crippen LogP contribution is -2.22. The molecule has 4 heteroatoms. The first kappa shape index (κ1) is 12.2. The van der Waals surface area contributed by atoms with Gasteiger partial charge in [-0.05, 0) is 20.3 Å². The van der Waals surface area contributed by atoms with Gasteiger partial charge in [-0.25, -0.2) is 0 Å². The molecule has 0 aromatic heterocycles. The highest BCUT2D eigenvalue weighted by Gasteiger charge is 2.39. The van der Waals surface area contributed by atoms with Crippen LogP contribution in [-0.2, 0) is 19.0 Å². The highest BCUT2D eigenvalue weighted by atomic mass is 16.7. The van der Waals surface area contributed by atoms with Crippen molar-refractivity contribution in [1.29, 1.82) is 0 Å². The molecule has 0 aromatic rings. The number of ether oxygens (including phenoxy) is 3. The Labute approximate surface area is 90.2 Å². The van der Waals surface area contributed by atoms with Crippen molar-refractivity contribution in [3.63, 3.8) is 0 Å². The van der Waals surface area contributed by atoms with E-state index in [0.717, 1.165) is 0 Å². The first-order valence-electron chi connectivity index (χ1n) is 5.03. The van der Waals surface area contributed by atoms with Gasteiger partial charge in [-0.3, -0.25) is 4.79 Å². The third-order valence-corrected chi connectivity index (χ3v) is 2.31. The van der Waals surface area contributed by atoms with Crippen LogP contribution in [-0.4, -0.2) is 31.1 Å². The fourth-order valence-electron chi connectivity index (χ4n) is 1.65. The highest BCUT2D eigenvalue weighted by molar-refractivity contribution is 5.69. The summed E-state index contributed by atoms with van der Waals surface area (Å²) in [5.41, 5.74) is 0. The summed E-state index contributed by atoms with van der Waals surface area (Å²) < 4.78 is 15.8. The molecule has 0 spiro atoms. The first-order valence-corrected chi connectivity index (χ1v) is 5.03. The quantitative estimate of drug-likeness (QED) is 0.527. The van der Waals surface area contributed by atoms with Crippen LogP contribution in [0.5, 0.6) is 0 Å². The maximum absolute atomic E-state index is 11.0. The minimum atomic E-state index is -0.598. The number of methoxy groups -OCH3 is 1. The molecule has 1 fully saturated rings. The molecule has 1 heterocycles. The smallest absolute Gasteiger partial charge is 0.305 e. The summed E-state index contributed by atoms with van der Waals surface area (Å²) in [6, 6.07) is 0. The fourth-order valence-corrected chi connectivity index (χ4v) is 1.65. The van der Waals surface area contributed by atoms with Crippen LogP contribution in [0.25, 0.3) is 0 Å². The van der Waals surface area contributed by atoms with Gasteiger partial charge >= 0.3 is 5.97 Å². The van der Waals surface area contributed by atoms with Crippen LogP contribution in [0.3, 0.4) is 0 Å². The molecule has 15 heavy (non-hydrogen) atoms. The number of carbonyl (C=O) groups excluding carboxylic acids is 1. The summed E-state index contributed by atoms with van der Waals surface area (Å²) in [7, 11) is 1.38. The predicted molar refractivity (Wildman–Crippen MR) is 55.3 cm³/mol. The number of carbonyl (C=O) groups is 1. The van der Waals surface area contributed by atoms with Gasteiger partial charge in [0, 0.05) is 6.42 Å². The Balaban J connectivity index is 2.47. The van der Waals surface area contributed by atoms with E-state index in [1.165, 1.54) is 7.11 Å². The third-order valence-electron chi connectivity index (χ3n) is 2.31. The van der Waals surface area contributed by atoms with Crippen LogP contribution in [0, 0.1) is 0 Å². The average molecular weight is 214 g/mol. The van der Waals surface area contributed by atoms with E-state index in [1.807, 2.05) is 13.8 Å². The number of esters is 1. The Hall–Kier alpha value is -0.870. The molecule has 86 valence electrons. The summed E-state index contributed by atoms with van der Waals surface area (Å²) in [4.78, 5) is 11.0. The van der Waals surface area contributed by atoms with E-state index in [9.17, 15) is 4.79 Å². The van der Waals surface area contributed by atoms with Crippen molar-refractivity contribution >= 4 is 5.97 Å². The highest BCUT2D eigenvalue weighted by Crippen LogP contribution is 2.30. The molecular formula is C11H18O4. The van der Waals surface area contributed by atoms with Crippen LogP contribution in [0.15, 0.2) is 12.7 Å². The van der Waals surface area contributed by atoms with Crippen LogP contribution in [0.4, 0.5) is 0 Å². The number of hydrogen-bond donors (Lipinski definition) is 0. The summed E-state index contributed by atoms with van der Waals surface area (Å²) in [6.45, 7) is 7.38. The second-order valence-electron chi connectivity index (χ2n) is 3.99. The fraction of sp³-hybridized carbons (Fsp3) is 0.727. The second-order valence-corrected chi connectivity index (χ2v) is 3.99. The van der Waals surface area contributed by atoms with Gasteiger partial charge in [0.05, 0.1) is 13.2 Å². The summed E-state index contributed by atoms with van der Waals surface area (Å²) >= 11 is 0. The van der Waals surface area contributed by atoms with E-state index >= 15 is 0 Å². The van der Waals surface area contributed by atoms with Gasteiger partial charge in [0.25, 0.3) is 0 Å². The molecule has 0 amide bonds. The molecule has 0 aliphatic carbocycles. The van der Waals surface area contributed by atoms with E-state index in [-0.39, 0.29) is 18.2 Å². The molecule has 1 aliphatic rings. The third kappa shape index (κ3) is 3.32. The normalized spacial score (nSPS) is 28.7. The van der Waals surface area contributed by atoms with E-state index in [2.05, 4.69) is 11.3 Å². The molecule has 1 saturated heterocycles. The average Bonchev–Trinajstić information content (AvgIpc) is 2.49. The number of hydrogen-bond acceptors (Lipinski definition) is 4. The van der Waals surface area contributed by atoms with E-state index in [0.29, 0.717) is 12.8 Å². The SMILES string of the molecule is C=C[C@H]1OC(C)(C)O[C@H]1CCC(=O)OC. The van der Waals surface area contributed by atoms with Crippen LogP contribution < -0.4 is 0 Å². The van der Waals surface area contributed by atoms with Crippen molar-refractivity contribution in [1.82, 2.24) is 0 Å². The van der Waals surface area contributed by atoms with Crippen LogP contribution >= 0.6 is 0 Å². The molecule has 1 rings (SSSR count). The van der Waals surface area contributed by atoms with Gasteiger partial charge in [0.15, 0.2) is 5.79 Å². The van der Waals surface area contributed by atoms with Crippen LogP contribution in [0.2, 0.25) is 0 Å². The predicted octanol–water partition coefficient (Wildman–Crippen LogP) is 1.65. The molecule has 0 saturated carbocycles. The monoisotopic (exact) mass is 214 g/mol. The lowest BCUT2D eigenvalue weighted by atomic mass is 10.1. The van der Waals surface area contributed by atoms with Gasteiger partial charge in [-0.1, -0.05) is 6.08 Å². The molecule has 2 atom stereocenters. The summed E-state index contributed by atoms with van der Waals surface area (Å²) in [5.74, 6) is -0.828. The Kier molecular flexibility index (Phi) is 3.88. The van der Waals surface area contributed by atoms with Gasteiger partial charge in [0.1, 0.15) is 6.10 Å². The molecule has 0 N–H and O–H groups in total. The van der Waals surface area contributed by atoms with Gasteiger partial charge < -0.3 is 14.2 Å². The maximum Gasteiger partial charge on any atom is 0.305 e. The van der Waals surface area contributed by atoms with E-state index < -0.39 is 5.79 Å². The number of rotatable bonds is 4. The van der Waals surface area contributed by atoms with Crippen molar-refractivity contribution < 1.29 is 19.0 Å². The Morgan fingerprint density at radius 1 is 1.53 bits per heavy atom. The first-order chi connectivity index (χ1) is 6.98. The van der Waals surface area contributed by atoms with Crippen molar-refractivity contribution in [2.45, 2.75) is 44.7 Å². The molecule has 1 aliphatic heterocycles. The zero-order chi connectivity index (χ0) is 11.5. The Morgan fingerprint density at radius 3 is 2.73 bits per heavy atom. The van der Waals surface area contributed by atoms with Gasteiger partial charge in [0.2, 0.25) is 0 Å². The standard InChI is InChI=1S/C11H18O4/c1-5-8-9(6-7-10(12)13-4)15-11(2,3)14-8/h5,8-9H,1,6-7H2,2-4H3/t8-,9+/m1/s1. The molecule has 0 aromatic carbocycles. The van der Waals surface area contributed by atoms with E-state index in [4.69, 9.17) is 9.47 Å². The lowest BCUT2D eigenvalue weighted by molar-refractivity contribution is -0.148. The van der Waals surface area contributed by atoms with E-state index in [1.54, 1.807) is 6.08 Å². The van der Waals surface area contributed by atoms with Crippen molar-refractivity contribution in [2.24, 2.45) is 0 Å². The zero-order valence-corrected chi connectivity index (χ0v) is 9.49. The van der Waals surface area contributed by atoms with Crippen molar-refractivity contribution in [2.75, 3.05) is 7.11 Å². The minimum Gasteiger partial charge on any atom is -0.469 e. The molecule has 0 radical (unpaired) electrons. The molecular weight excluding hydrogens is 196 g/mol. The Bertz CT molecular complexity index is 247. The van der Waals surface area contributed by atoms with Crippen LogP contribution in [0.1, 0.15) is 26.7 Å². The Morgan fingerprint density at radius 2 is 2.20 bits per heavy atom. The zero-order valence-electron chi connectivity index (χ0n) is 9.49. The maximum atomic E-state index is 11.0. The summed E-state index contributed by atoms with van der Waals surface area (Å²) in [6.07, 6.45) is 2.37. The second kappa shape index (κ2) is 4.77. The lowest BCUT2D eigenvalue weighted by Gasteiger charge is -2.16. The van der Waals surface area contributed by atoms with Crippen molar-refractivity contribution in [3.8, 4) is 0 Å². The minimum absolute atomic E-state index is 0.114. The molecule has 0 bridgehead atoms. The van der Waals surface area contributed by atoms with Gasteiger partial charge in [-0.2, -0.15) is 0 Å². The molecule has 0 unspecified atom stereocenters. The molecule has 4 nitrogen and oxygen atoms in total. The largest absolute Gasteiger partial charge is 0.469 e. The van der Waals surface area contributed by atoms with Crippen molar-refractivity contribution in [3.05, 3.63) is 12.7 Å². The topological polar surface area (TPSA) is 44.8 Å². The van der Waals surface area contributed by atoms with Gasteiger partial charge in [-0.15, -0.1) is 6.58 Å². The summed E-state index contributed by atoms with van der Waals surface area (Å²) in [5, 5.41) is 0.